The summed E-state index contributed by atoms with van der Waals surface area (Å²) in [6, 6.07) is -0.0280. The zero-order chi connectivity index (χ0) is 13.7. The number of ether oxygens (including phenoxy) is 1. The van der Waals surface area contributed by atoms with Crippen LogP contribution < -0.4 is 11.1 Å². The highest BCUT2D eigenvalue weighted by Crippen LogP contribution is 2.25. The maximum atomic E-state index is 11.6. The van der Waals surface area contributed by atoms with Crippen LogP contribution in [0, 0.1) is 5.41 Å². The largest absolute Gasteiger partial charge is 0.444 e. The average Bonchev–Trinajstić information content (AvgIpc) is 2.13. The minimum absolute atomic E-state index is 0.0280. The smallest absolute Gasteiger partial charge is 0.407 e. The quantitative estimate of drug-likeness (QED) is 0.781. The van der Waals surface area contributed by atoms with E-state index < -0.39 is 5.60 Å². The Hall–Kier alpha value is -0.770. The average molecular weight is 244 g/mol. The molecule has 0 aromatic rings. The summed E-state index contributed by atoms with van der Waals surface area (Å²) in [4.78, 5) is 11.6. The number of hydrogen-bond donors (Lipinski definition) is 2. The van der Waals surface area contributed by atoms with Crippen LogP contribution in [0.2, 0.25) is 0 Å². The highest BCUT2D eigenvalue weighted by molar-refractivity contribution is 5.68. The molecule has 0 aromatic carbocycles. The fraction of sp³-hybridized carbons (Fsp3) is 0.923. The van der Waals surface area contributed by atoms with Crippen molar-refractivity contribution in [2.75, 3.05) is 6.54 Å². The Bertz CT molecular complexity index is 244. The van der Waals surface area contributed by atoms with Gasteiger partial charge in [0.1, 0.15) is 5.60 Å². The Morgan fingerprint density at radius 3 is 2.18 bits per heavy atom. The fourth-order valence-corrected chi connectivity index (χ4v) is 1.48. The minimum atomic E-state index is -0.469. The summed E-state index contributed by atoms with van der Waals surface area (Å²) in [6.45, 7) is 12.5. The highest BCUT2D eigenvalue weighted by Gasteiger charge is 2.24. The molecule has 1 amide bonds. The molecule has 0 fully saturated rings. The van der Waals surface area contributed by atoms with Gasteiger partial charge in [0.25, 0.3) is 0 Å². The molecule has 17 heavy (non-hydrogen) atoms. The maximum Gasteiger partial charge on any atom is 0.407 e. The molecule has 102 valence electrons. The molecule has 0 radical (unpaired) electrons. The Labute approximate surface area is 105 Å². The molecule has 0 rings (SSSR count). The normalized spacial score (nSPS) is 14.3. The molecule has 0 saturated heterocycles. The van der Waals surface area contributed by atoms with E-state index in [4.69, 9.17) is 10.5 Å². The van der Waals surface area contributed by atoms with Gasteiger partial charge < -0.3 is 15.8 Å². The lowest BCUT2D eigenvalue weighted by Gasteiger charge is -2.29. The van der Waals surface area contributed by atoms with Gasteiger partial charge in [-0.15, -0.1) is 0 Å². The first-order chi connectivity index (χ1) is 7.59. The van der Waals surface area contributed by atoms with Crippen LogP contribution in [0.5, 0.6) is 0 Å². The van der Waals surface area contributed by atoms with E-state index in [9.17, 15) is 4.79 Å². The highest BCUT2D eigenvalue weighted by atomic mass is 16.6. The van der Waals surface area contributed by atoms with Crippen LogP contribution in [0.25, 0.3) is 0 Å². The van der Waals surface area contributed by atoms with Gasteiger partial charge in [0.05, 0.1) is 0 Å². The Balaban J connectivity index is 4.27. The van der Waals surface area contributed by atoms with Gasteiger partial charge in [-0.25, -0.2) is 4.79 Å². The van der Waals surface area contributed by atoms with Crippen molar-refractivity contribution in [3.05, 3.63) is 0 Å². The van der Waals surface area contributed by atoms with Crippen LogP contribution in [0.3, 0.4) is 0 Å². The molecule has 0 spiro atoms. The number of nitrogens with two attached hydrogens (primary N) is 1. The number of rotatable bonds is 5. The van der Waals surface area contributed by atoms with Gasteiger partial charge in [-0.3, -0.25) is 0 Å². The molecular formula is C13H28N2O2. The van der Waals surface area contributed by atoms with Crippen molar-refractivity contribution in [2.45, 2.75) is 66.0 Å². The lowest BCUT2D eigenvalue weighted by atomic mass is 9.83. The predicted octanol–water partition coefficient (Wildman–Crippen LogP) is 2.66. The monoisotopic (exact) mass is 244 g/mol. The van der Waals surface area contributed by atoms with Crippen LogP contribution in [-0.4, -0.2) is 24.3 Å². The van der Waals surface area contributed by atoms with Crippen LogP contribution in [0.15, 0.2) is 0 Å². The number of carbonyl (C=O) groups is 1. The summed E-state index contributed by atoms with van der Waals surface area (Å²) in [5.41, 5.74) is 5.39. The van der Waals surface area contributed by atoms with Crippen LogP contribution >= 0.6 is 0 Å². The third-order valence-corrected chi connectivity index (χ3v) is 2.76. The maximum absolute atomic E-state index is 11.6. The van der Waals surface area contributed by atoms with E-state index in [-0.39, 0.29) is 17.6 Å². The van der Waals surface area contributed by atoms with E-state index >= 15 is 0 Å². The second-order valence-electron chi connectivity index (χ2n) is 6.30. The van der Waals surface area contributed by atoms with Gasteiger partial charge in [0, 0.05) is 12.6 Å². The number of carbonyl (C=O) groups excluding carboxylic acids is 1. The second kappa shape index (κ2) is 6.24. The SMILES string of the molecule is CCC(C)(C)CC(CN)NC(=O)OC(C)(C)C. The molecule has 0 aliphatic heterocycles. The third kappa shape index (κ3) is 8.02. The summed E-state index contributed by atoms with van der Waals surface area (Å²) in [6.07, 6.45) is 1.53. The van der Waals surface area contributed by atoms with Crippen molar-refractivity contribution in [1.82, 2.24) is 5.32 Å². The summed E-state index contributed by atoms with van der Waals surface area (Å²) >= 11 is 0. The van der Waals surface area contributed by atoms with Crippen molar-refractivity contribution in [3.63, 3.8) is 0 Å². The number of amides is 1. The second-order valence-corrected chi connectivity index (χ2v) is 6.30. The molecule has 3 N–H and O–H groups in total. The molecule has 4 nitrogen and oxygen atoms in total. The fourth-order valence-electron chi connectivity index (χ4n) is 1.48. The van der Waals surface area contributed by atoms with Crippen molar-refractivity contribution in [1.29, 1.82) is 0 Å². The number of hydrogen-bond acceptors (Lipinski definition) is 3. The van der Waals surface area contributed by atoms with Gasteiger partial charge in [-0.05, 0) is 32.6 Å². The molecule has 0 aliphatic carbocycles. The minimum Gasteiger partial charge on any atom is -0.444 e. The van der Waals surface area contributed by atoms with Gasteiger partial charge in [-0.1, -0.05) is 27.2 Å². The summed E-state index contributed by atoms with van der Waals surface area (Å²) in [7, 11) is 0. The summed E-state index contributed by atoms with van der Waals surface area (Å²) in [5, 5.41) is 2.83. The Morgan fingerprint density at radius 1 is 1.29 bits per heavy atom. The molecule has 0 saturated carbocycles. The van der Waals surface area contributed by atoms with Gasteiger partial charge in [-0.2, -0.15) is 0 Å². The predicted molar refractivity (Wildman–Crippen MR) is 70.9 cm³/mol. The van der Waals surface area contributed by atoms with Gasteiger partial charge >= 0.3 is 6.09 Å². The van der Waals surface area contributed by atoms with Crippen molar-refractivity contribution in [2.24, 2.45) is 11.1 Å². The first-order valence-electron chi connectivity index (χ1n) is 6.29. The molecular weight excluding hydrogens is 216 g/mol. The lowest BCUT2D eigenvalue weighted by molar-refractivity contribution is 0.0492. The molecule has 0 aliphatic rings. The van der Waals surface area contributed by atoms with Gasteiger partial charge in [0.2, 0.25) is 0 Å². The zero-order valence-electron chi connectivity index (χ0n) is 12.1. The van der Waals surface area contributed by atoms with Crippen LogP contribution in [0.1, 0.15) is 54.4 Å². The van der Waals surface area contributed by atoms with E-state index in [1.807, 2.05) is 20.8 Å². The van der Waals surface area contributed by atoms with Crippen molar-refractivity contribution < 1.29 is 9.53 Å². The van der Waals surface area contributed by atoms with Crippen molar-refractivity contribution >= 4 is 6.09 Å². The Kier molecular flexibility index (Phi) is 5.96. The third-order valence-electron chi connectivity index (χ3n) is 2.76. The van der Waals surface area contributed by atoms with E-state index in [0.29, 0.717) is 6.54 Å². The molecule has 0 aromatic heterocycles. The van der Waals surface area contributed by atoms with E-state index in [0.717, 1.165) is 12.8 Å². The topological polar surface area (TPSA) is 64.3 Å². The molecule has 1 unspecified atom stereocenters. The zero-order valence-corrected chi connectivity index (χ0v) is 12.1. The number of alkyl carbamates (subject to hydrolysis) is 1. The molecule has 4 heteroatoms. The molecule has 0 bridgehead atoms. The van der Waals surface area contributed by atoms with Gasteiger partial charge in [0.15, 0.2) is 0 Å². The van der Waals surface area contributed by atoms with Crippen molar-refractivity contribution in [3.8, 4) is 0 Å². The van der Waals surface area contributed by atoms with E-state index in [1.54, 1.807) is 0 Å². The summed E-state index contributed by atoms with van der Waals surface area (Å²) < 4.78 is 5.21. The first kappa shape index (κ1) is 16.2. The van der Waals surface area contributed by atoms with E-state index in [1.165, 1.54) is 0 Å². The summed E-state index contributed by atoms with van der Waals surface area (Å²) in [5.74, 6) is 0. The molecule has 0 heterocycles. The molecule has 1 atom stereocenters. The van der Waals surface area contributed by atoms with Crippen LogP contribution in [-0.2, 0) is 4.74 Å². The Morgan fingerprint density at radius 2 is 1.82 bits per heavy atom. The van der Waals surface area contributed by atoms with Crippen LogP contribution in [0.4, 0.5) is 4.79 Å². The lowest BCUT2D eigenvalue weighted by Crippen LogP contribution is -2.44. The first-order valence-corrected chi connectivity index (χ1v) is 6.29. The van der Waals surface area contributed by atoms with E-state index in [2.05, 4.69) is 26.1 Å². The number of nitrogens with one attached hydrogen (secondary N) is 1. The standard InChI is InChI=1S/C13H28N2O2/c1-7-13(5,6)8-10(9-14)15-11(16)17-12(2,3)4/h10H,7-9,14H2,1-6H3,(H,15,16).